The second kappa shape index (κ2) is 5.28. The van der Waals surface area contributed by atoms with E-state index in [1.165, 1.54) is 11.8 Å². The Hall–Kier alpha value is -1.64. The number of carboxylic acids is 1. The average Bonchev–Trinajstić information content (AvgIpc) is 3.34. The topological polar surface area (TPSA) is 110 Å². The number of thioether (sulfide) groups is 1. The van der Waals surface area contributed by atoms with Crippen LogP contribution in [0.1, 0.15) is 38.6 Å². The third kappa shape index (κ3) is 3.02. The fraction of sp³-hybridized carbons (Fsp3) is 0.750. The van der Waals surface area contributed by atoms with Gasteiger partial charge < -0.3 is 10.4 Å². The molecule has 2 aliphatic carbocycles. The Morgan fingerprint density at radius 2 is 2.14 bits per heavy atom. The first-order valence-corrected chi connectivity index (χ1v) is 7.94. The highest BCUT2D eigenvalue weighted by atomic mass is 32.2. The number of carbonyl (C=O) groups is 2. The van der Waals surface area contributed by atoms with E-state index in [2.05, 4.69) is 20.8 Å². The fourth-order valence-corrected chi connectivity index (χ4v) is 3.02. The van der Waals surface area contributed by atoms with Crippen LogP contribution in [0.2, 0.25) is 0 Å². The van der Waals surface area contributed by atoms with Crippen molar-refractivity contribution in [1.29, 1.82) is 0 Å². The summed E-state index contributed by atoms with van der Waals surface area (Å²) in [6, 6.07) is 0.348. The molecule has 1 aromatic rings. The van der Waals surface area contributed by atoms with E-state index in [0.29, 0.717) is 11.2 Å². The van der Waals surface area contributed by atoms with Gasteiger partial charge in [-0.3, -0.25) is 4.79 Å². The smallest absolute Gasteiger partial charge is 0.329 e. The molecule has 0 saturated heterocycles. The molecule has 0 aliphatic heterocycles. The Labute approximate surface area is 125 Å². The van der Waals surface area contributed by atoms with E-state index in [0.717, 1.165) is 25.7 Å². The van der Waals surface area contributed by atoms with Crippen LogP contribution in [0.25, 0.3) is 0 Å². The maximum atomic E-state index is 12.0. The van der Waals surface area contributed by atoms with Crippen LogP contribution in [-0.4, -0.2) is 48.5 Å². The zero-order chi connectivity index (χ0) is 15.0. The van der Waals surface area contributed by atoms with Gasteiger partial charge in [-0.25, -0.2) is 9.48 Å². The van der Waals surface area contributed by atoms with Crippen molar-refractivity contribution in [1.82, 2.24) is 25.5 Å². The second-order valence-electron chi connectivity index (χ2n) is 5.76. The molecule has 1 amide bonds. The molecule has 2 fully saturated rings. The Morgan fingerprint density at radius 3 is 2.71 bits per heavy atom. The second-order valence-corrected chi connectivity index (χ2v) is 6.70. The van der Waals surface area contributed by atoms with Gasteiger partial charge in [-0.2, -0.15) is 0 Å². The summed E-state index contributed by atoms with van der Waals surface area (Å²) in [5.74, 6) is -1.14. The molecule has 1 aromatic heterocycles. The summed E-state index contributed by atoms with van der Waals surface area (Å²) < 4.78 is 1.73. The molecule has 21 heavy (non-hydrogen) atoms. The average molecular weight is 311 g/mol. The number of rotatable bonds is 7. The third-order valence-electron chi connectivity index (χ3n) is 3.92. The van der Waals surface area contributed by atoms with Gasteiger partial charge in [0.25, 0.3) is 0 Å². The lowest BCUT2D eigenvalue weighted by Crippen LogP contribution is -2.54. The zero-order valence-electron chi connectivity index (χ0n) is 11.7. The lowest BCUT2D eigenvalue weighted by molar-refractivity contribution is -0.147. The van der Waals surface area contributed by atoms with Crippen molar-refractivity contribution < 1.29 is 14.7 Å². The van der Waals surface area contributed by atoms with E-state index < -0.39 is 11.5 Å². The Morgan fingerprint density at radius 1 is 1.43 bits per heavy atom. The van der Waals surface area contributed by atoms with Crippen LogP contribution in [0.15, 0.2) is 5.16 Å². The van der Waals surface area contributed by atoms with Crippen LogP contribution in [0.4, 0.5) is 0 Å². The molecule has 1 unspecified atom stereocenters. The minimum Gasteiger partial charge on any atom is -0.480 e. The SMILES string of the molecule is CC(NC(=O)CSc1nnnn1C1CC1)(C(=O)O)C1CC1. The summed E-state index contributed by atoms with van der Waals surface area (Å²) in [4.78, 5) is 23.4. The monoisotopic (exact) mass is 311 g/mol. The van der Waals surface area contributed by atoms with E-state index in [9.17, 15) is 14.7 Å². The standard InChI is InChI=1S/C12H17N5O3S/c1-12(10(19)20,7-2-3-7)13-9(18)6-21-11-14-15-16-17(11)8-4-5-8/h7-8H,2-6H2,1H3,(H,13,18)(H,19,20). The molecule has 9 heteroatoms. The first-order chi connectivity index (χ1) is 10.0. The molecule has 0 aromatic carbocycles. The van der Waals surface area contributed by atoms with Crippen molar-refractivity contribution in [3.05, 3.63) is 0 Å². The molecule has 2 aliphatic rings. The minimum absolute atomic E-state index is 0.0285. The number of carbonyl (C=O) groups excluding carboxylic acids is 1. The van der Waals surface area contributed by atoms with Crippen LogP contribution < -0.4 is 5.32 Å². The fourth-order valence-electron chi connectivity index (χ4n) is 2.28. The number of hydrogen-bond donors (Lipinski definition) is 2. The molecular weight excluding hydrogens is 294 g/mol. The summed E-state index contributed by atoms with van der Waals surface area (Å²) in [7, 11) is 0. The molecular formula is C12H17N5O3S. The number of hydrogen-bond acceptors (Lipinski definition) is 6. The molecule has 114 valence electrons. The van der Waals surface area contributed by atoms with Gasteiger partial charge in [-0.05, 0) is 49.0 Å². The first kappa shape index (κ1) is 14.3. The van der Waals surface area contributed by atoms with Gasteiger partial charge in [0.2, 0.25) is 11.1 Å². The van der Waals surface area contributed by atoms with Gasteiger partial charge in [0, 0.05) is 0 Å². The summed E-state index contributed by atoms with van der Waals surface area (Å²) in [5, 5.41) is 24.0. The summed E-state index contributed by atoms with van der Waals surface area (Å²) in [6.45, 7) is 1.57. The van der Waals surface area contributed by atoms with Crippen molar-refractivity contribution in [2.75, 3.05) is 5.75 Å². The first-order valence-electron chi connectivity index (χ1n) is 6.96. The molecule has 3 rings (SSSR count). The molecule has 1 atom stereocenters. The Bertz CT molecular complexity index is 569. The molecule has 2 saturated carbocycles. The highest BCUT2D eigenvalue weighted by Gasteiger charge is 2.48. The van der Waals surface area contributed by atoms with Gasteiger partial charge in [0.15, 0.2) is 0 Å². The summed E-state index contributed by atoms with van der Waals surface area (Å²) in [5.41, 5.74) is -1.17. The number of aromatic nitrogens is 4. The number of nitrogens with one attached hydrogen (secondary N) is 1. The lowest BCUT2D eigenvalue weighted by Gasteiger charge is -2.25. The summed E-state index contributed by atoms with van der Waals surface area (Å²) >= 11 is 1.24. The minimum atomic E-state index is -1.17. The van der Waals surface area contributed by atoms with Gasteiger partial charge >= 0.3 is 5.97 Å². The van der Waals surface area contributed by atoms with E-state index in [-0.39, 0.29) is 17.6 Å². The molecule has 0 radical (unpaired) electrons. The van der Waals surface area contributed by atoms with Crippen molar-refractivity contribution in [2.45, 2.75) is 49.3 Å². The highest BCUT2D eigenvalue weighted by Crippen LogP contribution is 2.40. The maximum Gasteiger partial charge on any atom is 0.329 e. The van der Waals surface area contributed by atoms with Crippen molar-refractivity contribution in [2.24, 2.45) is 5.92 Å². The number of aliphatic carboxylic acids is 1. The molecule has 8 nitrogen and oxygen atoms in total. The maximum absolute atomic E-state index is 12.0. The van der Waals surface area contributed by atoms with Gasteiger partial charge in [-0.15, -0.1) is 5.10 Å². The largest absolute Gasteiger partial charge is 0.480 e. The van der Waals surface area contributed by atoms with E-state index in [1.807, 2.05) is 0 Å². The van der Waals surface area contributed by atoms with E-state index in [4.69, 9.17) is 0 Å². The molecule has 0 spiro atoms. The van der Waals surface area contributed by atoms with Crippen LogP contribution in [0.3, 0.4) is 0 Å². The molecule has 1 heterocycles. The zero-order valence-corrected chi connectivity index (χ0v) is 12.5. The van der Waals surface area contributed by atoms with E-state index in [1.54, 1.807) is 11.6 Å². The predicted octanol–water partition coefficient (Wildman–Crippen LogP) is 0.470. The summed E-state index contributed by atoms with van der Waals surface area (Å²) in [6.07, 6.45) is 3.80. The Balaban J connectivity index is 1.56. The van der Waals surface area contributed by atoms with Crippen molar-refractivity contribution in [3.63, 3.8) is 0 Å². The predicted molar refractivity (Wildman–Crippen MR) is 73.7 cm³/mol. The lowest BCUT2D eigenvalue weighted by atomic mass is 9.96. The van der Waals surface area contributed by atoms with Crippen molar-refractivity contribution in [3.8, 4) is 0 Å². The van der Waals surface area contributed by atoms with Gasteiger partial charge in [0.1, 0.15) is 5.54 Å². The molecule has 0 bridgehead atoms. The number of amides is 1. The van der Waals surface area contributed by atoms with Gasteiger partial charge in [-0.1, -0.05) is 11.8 Å². The molecule has 2 N–H and O–H groups in total. The van der Waals surface area contributed by atoms with E-state index >= 15 is 0 Å². The number of nitrogens with zero attached hydrogens (tertiary/aromatic N) is 4. The van der Waals surface area contributed by atoms with Crippen LogP contribution in [-0.2, 0) is 9.59 Å². The Kier molecular flexibility index (Phi) is 3.60. The van der Waals surface area contributed by atoms with Crippen LogP contribution >= 0.6 is 11.8 Å². The van der Waals surface area contributed by atoms with Gasteiger partial charge in [0.05, 0.1) is 11.8 Å². The normalized spacial score (nSPS) is 20.8. The van der Waals surface area contributed by atoms with Crippen LogP contribution in [0.5, 0.6) is 0 Å². The number of carboxylic acid groups (broad SMARTS) is 1. The highest BCUT2D eigenvalue weighted by molar-refractivity contribution is 7.99. The quantitative estimate of drug-likeness (QED) is 0.704. The third-order valence-corrected chi connectivity index (χ3v) is 4.86. The number of tetrazole rings is 1. The van der Waals surface area contributed by atoms with Crippen molar-refractivity contribution >= 4 is 23.6 Å². The van der Waals surface area contributed by atoms with Crippen LogP contribution in [0, 0.1) is 5.92 Å².